The zero-order valence-electron chi connectivity index (χ0n) is 13.2. The van der Waals surface area contributed by atoms with Gasteiger partial charge in [0, 0.05) is 6.54 Å². The van der Waals surface area contributed by atoms with E-state index in [1.54, 1.807) is 24.3 Å². The standard InChI is InChI=1S/C15H16F2N2O4S2/c1-18-24(20,21)10-12-4-2-11(3-5-12)9-19-25(22,23)13-6-7-14(16)15(17)8-13/h2-8,18-19H,9-10H2,1H3. The number of hydrogen-bond acceptors (Lipinski definition) is 4. The fourth-order valence-electron chi connectivity index (χ4n) is 1.95. The molecule has 0 saturated carbocycles. The summed E-state index contributed by atoms with van der Waals surface area (Å²) in [7, 11) is -6.08. The number of halogens is 2. The van der Waals surface area contributed by atoms with Gasteiger partial charge in [-0.15, -0.1) is 0 Å². The molecule has 0 unspecified atom stereocenters. The Labute approximate surface area is 145 Å². The maximum Gasteiger partial charge on any atom is 0.240 e. The number of nitrogens with one attached hydrogen (secondary N) is 2. The Morgan fingerprint density at radius 1 is 0.880 bits per heavy atom. The molecule has 0 radical (unpaired) electrons. The summed E-state index contributed by atoms with van der Waals surface area (Å²) in [6, 6.07) is 8.59. The number of rotatable bonds is 7. The molecule has 0 spiro atoms. The van der Waals surface area contributed by atoms with Crippen molar-refractivity contribution in [2.24, 2.45) is 0 Å². The van der Waals surface area contributed by atoms with E-state index in [0.717, 1.165) is 12.1 Å². The summed E-state index contributed by atoms with van der Waals surface area (Å²) in [6.07, 6.45) is 0. The highest BCUT2D eigenvalue weighted by Crippen LogP contribution is 2.14. The van der Waals surface area contributed by atoms with E-state index in [2.05, 4.69) is 9.44 Å². The lowest BCUT2D eigenvalue weighted by Gasteiger charge is -2.08. The largest absolute Gasteiger partial charge is 0.240 e. The molecule has 6 nitrogen and oxygen atoms in total. The molecule has 0 amide bonds. The smallest absolute Gasteiger partial charge is 0.218 e. The van der Waals surface area contributed by atoms with E-state index in [1.165, 1.54) is 7.05 Å². The maximum absolute atomic E-state index is 13.2. The molecule has 25 heavy (non-hydrogen) atoms. The third-order valence-corrected chi connectivity index (χ3v) is 6.09. The molecule has 2 N–H and O–H groups in total. The Morgan fingerprint density at radius 2 is 1.48 bits per heavy atom. The molecule has 0 aliphatic rings. The second-order valence-corrected chi connectivity index (χ2v) is 8.87. The first kappa shape index (κ1) is 19.4. The van der Waals surface area contributed by atoms with Crippen LogP contribution in [0.4, 0.5) is 8.78 Å². The van der Waals surface area contributed by atoms with Crippen LogP contribution in [0.2, 0.25) is 0 Å². The number of hydrogen-bond donors (Lipinski definition) is 2. The van der Waals surface area contributed by atoms with Gasteiger partial charge in [0.15, 0.2) is 11.6 Å². The van der Waals surface area contributed by atoms with Crippen LogP contribution in [0, 0.1) is 11.6 Å². The van der Waals surface area contributed by atoms with Crippen LogP contribution < -0.4 is 9.44 Å². The summed E-state index contributed by atoms with van der Waals surface area (Å²) in [5, 5.41) is 0. The molecule has 2 aromatic carbocycles. The van der Waals surface area contributed by atoms with Crippen LogP contribution in [0.1, 0.15) is 11.1 Å². The zero-order valence-corrected chi connectivity index (χ0v) is 14.8. The monoisotopic (exact) mass is 390 g/mol. The first-order valence-electron chi connectivity index (χ1n) is 7.07. The highest BCUT2D eigenvalue weighted by Gasteiger charge is 2.16. The fraction of sp³-hybridized carbons (Fsp3) is 0.200. The highest BCUT2D eigenvalue weighted by atomic mass is 32.2. The van der Waals surface area contributed by atoms with E-state index < -0.39 is 31.7 Å². The van der Waals surface area contributed by atoms with Gasteiger partial charge in [-0.2, -0.15) is 0 Å². The molecular weight excluding hydrogens is 374 g/mol. The lowest BCUT2D eigenvalue weighted by molar-refractivity contribution is 0.504. The Balaban J connectivity index is 2.06. The lowest BCUT2D eigenvalue weighted by Crippen LogP contribution is -2.23. The molecule has 0 atom stereocenters. The SMILES string of the molecule is CNS(=O)(=O)Cc1ccc(CNS(=O)(=O)c2ccc(F)c(F)c2)cc1. The molecule has 0 bridgehead atoms. The third-order valence-electron chi connectivity index (χ3n) is 3.36. The van der Waals surface area contributed by atoms with Gasteiger partial charge < -0.3 is 0 Å². The summed E-state index contributed by atoms with van der Waals surface area (Å²) in [5.74, 6) is -2.58. The van der Waals surface area contributed by atoms with Crippen LogP contribution in [-0.2, 0) is 32.3 Å². The lowest BCUT2D eigenvalue weighted by atomic mass is 10.1. The molecule has 0 aliphatic heterocycles. The van der Waals surface area contributed by atoms with Gasteiger partial charge in [0.2, 0.25) is 20.0 Å². The van der Waals surface area contributed by atoms with E-state index in [9.17, 15) is 25.6 Å². The summed E-state index contributed by atoms with van der Waals surface area (Å²) in [4.78, 5) is -0.386. The molecule has 136 valence electrons. The maximum atomic E-state index is 13.2. The van der Waals surface area contributed by atoms with Crippen molar-refractivity contribution in [3.8, 4) is 0 Å². The average molecular weight is 390 g/mol. The van der Waals surface area contributed by atoms with E-state index >= 15 is 0 Å². The first-order valence-corrected chi connectivity index (χ1v) is 10.2. The van der Waals surface area contributed by atoms with E-state index in [-0.39, 0.29) is 17.2 Å². The van der Waals surface area contributed by atoms with Crippen LogP contribution in [0.5, 0.6) is 0 Å². The Kier molecular flexibility index (Phi) is 5.88. The van der Waals surface area contributed by atoms with Gasteiger partial charge in [-0.1, -0.05) is 24.3 Å². The van der Waals surface area contributed by atoms with E-state index in [0.29, 0.717) is 17.2 Å². The Morgan fingerprint density at radius 3 is 2.04 bits per heavy atom. The summed E-state index contributed by atoms with van der Waals surface area (Å²) in [6.45, 7) is -0.0829. The molecule has 0 aliphatic carbocycles. The molecule has 2 rings (SSSR count). The summed E-state index contributed by atoms with van der Waals surface area (Å²) in [5.41, 5.74) is 1.12. The van der Waals surface area contributed by atoms with Crippen LogP contribution in [0.3, 0.4) is 0 Å². The Bertz CT molecular complexity index is 960. The predicted molar refractivity (Wildman–Crippen MR) is 88.5 cm³/mol. The minimum Gasteiger partial charge on any atom is -0.218 e. The normalized spacial score (nSPS) is 12.3. The van der Waals surface area contributed by atoms with Crippen molar-refractivity contribution in [3.05, 3.63) is 65.2 Å². The third kappa shape index (κ3) is 5.30. The van der Waals surface area contributed by atoms with Gasteiger partial charge in [0.1, 0.15) is 0 Å². The molecule has 0 heterocycles. The molecule has 0 aromatic heterocycles. The first-order chi connectivity index (χ1) is 11.6. The van der Waals surface area contributed by atoms with Crippen molar-refractivity contribution >= 4 is 20.0 Å². The van der Waals surface area contributed by atoms with Crippen LogP contribution in [-0.4, -0.2) is 23.9 Å². The average Bonchev–Trinajstić information content (AvgIpc) is 2.56. The summed E-state index contributed by atoms with van der Waals surface area (Å²) < 4.78 is 77.6. The van der Waals surface area contributed by atoms with Crippen molar-refractivity contribution in [2.45, 2.75) is 17.2 Å². The van der Waals surface area contributed by atoms with E-state index in [1.807, 2.05) is 0 Å². The van der Waals surface area contributed by atoms with Gasteiger partial charge >= 0.3 is 0 Å². The van der Waals surface area contributed by atoms with Crippen LogP contribution in [0.25, 0.3) is 0 Å². The van der Waals surface area contributed by atoms with Crippen molar-refractivity contribution in [1.29, 1.82) is 0 Å². The van der Waals surface area contributed by atoms with Crippen molar-refractivity contribution in [1.82, 2.24) is 9.44 Å². The zero-order chi connectivity index (χ0) is 18.7. The van der Waals surface area contributed by atoms with Crippen molar-refractivity contribution < 1.29 is 25.6 Å². The second kappa shape index (κ2) is 7.56. The predicted octanol–water partition coefficient (Wildman–Crippen LogP) is 1.49. The van der Waals surface area contributed by atoms with E-state index in [4.69, 9.17) is 0 Å². The number of sulfonamides is 2. The minimum atomic E-state index is -4.00. The quantitative estimate of drug-likeness (QED) is 0.749. The van der Waals surface area contributed by atoms with Gasteiger partial charge in [-0.05, 0) is 36.4 Å². The highest BCUT2D eigenvalue weighted by molar-refractivity contribution is 7.89. The Hall–Kier alpha value is -1.88. The van der Waals surface area contributed by atoms with Crippen LogP contribution >= 0.6 is 0 Å². The molecule has 10 heteroatoms. The van der Waals surface area contributed by atoms with Gasteiger partial charge in [0.05, 0.1) is 10.6 Å². The molecular formula is C15H16F2N2O4S2. The molecule has 0 fully saturated rings. The second-order valence-electron chi connectivity index (χ2n) is 5.18. The van der Waals surface area contributed by atoms with Crippen molar-refractivity contribution in [3.63, 3.8) is 0 Å². The van der Waals surface area contributed by atoms with Gasteiger partial charge in [0.25, 0.3) is 0 Å². The fourth-order valence-corrected chi connectivity index (χ4v) is 3.76. The van der Waals surface area contributed by atoms with Gasteiger partial charge in [-0.3, -0.25) is 0 Å². The van der Waals surface area contributed by atoms with Crippen molar-refractivity contribution in [2.75, 3.05) is 7.05 Å². The number of benzene rings is 2. The van der Waals surface area contributed by atoms with Gasteiger partial charge in [-0.25, -0.2) is 35.1 Å². The minimum absolute atomic E-state index is 0.0829. The topological polar surface area (TPSA) is 92.3 Å². The summed E-state index contributed by atoms with van der Waals surface area (Å²) >= 11 is 0. The van der Waals surface area contributed by atoms with Crippen LogP contribution in [0.15, 0.2) is 47.4 Å². The molecule has 0 saturated heterocycles. The molecule has 2 aromatic rings.